The molecule has 0 atom stereocenters. The highest BCUT2D eigenvalue weighted by atomic mass is 32.2. The van der Waals surface area contributed by atoms with Gasteiger partial charge in [0.05, 0.1) is 16.0 Å². The molecule has 1 aliphatic rings. The minimum Gasteiger partial charge on any atom is -0.345 e. The summed E-state index contributed by atoms with van der Waals surface area (Å²) in [6, 6.07) is 8.06. The first-order valence-corrected chi connectivity index (χ1v) is 9.11. The first-order chi connectivity index (χ1) is 9.60. The Balaban J connectivity index is 1.75. The number of hydrogen-bond acceptors (Lipinski definition) is 5. The van der Waals surface area contributed by atoms with E-state index >= 15 is 0 Å². The maximum absolute atomic E-state index is 11.8. The molecule has 0 N–H and O–H groups in total. The molecule has 0 saturated carbocycles. The Morgan fingerprint density at radius 2 is 1.90 bits per heavy atom. The van der Waals surface area contributed by atoms with Crippen LogP contribution in [0, 0.1) is 0 Å². The van der Waals surface area contributed by atoms with Crippen molar-refractivity contribution in [3.8, 4) is 0 Å². The van der Waals surface area contributed by atoms with Gasteiger partial charge < -0.3 is 4.90 Å². The fraction of sp³-hybridized carbons (Fsp3) is 0.462. The van der Waals surface area contributed by atoms with Crippen molar-refractivity contribution < 1.29 is 8.42 Å². The van der Waals surface area contributed by atoms with E-state index in [1.807, 2.05) is 18.2 Å². The maximum atomic E-state index is 11.8. The normalized spacial score (nSPS) is 17.8. The Labute approximate surface area is 122 Å². The van der Waals surface area contributed by atoms with Gasteiger partial charge in [-0.25, -0.2) is 13.4 Å². The van der Waals surface area contributed by atoms with Crippen LogP contribution < -0.4 is 4.90 Å². The van der Waals surface area contributed by atoms with E-state index in [0.29, 0.717) is 26.2 Å². The number of para-hydroxylation sites is 1. The molecule has 7 heteroatoms. The standard InChI is InChI=1S/C13H17N3O2S2/c1-2-20(17,18)16-9-7-15(8-10-16)13-14-11-5-3-4-6-12(11)19-13/h3-6H,2,7-10H2,1H3. The fourth-order valence-electron chi connectivity index (χ4n) is 2.34. The molecule has 0 radical (unpaired) electrons. The minimum absolute atomic E-state index is 0.175. The number of anilines is 1. The van der Waals surface area contributed by atoms with Crippen LogP contribution in [0.5, 0.6) is 0 Å². The smallest absolute Gasteiger partial charge is 0.213 e. The topological polar surface area (TPSA) is 53.5 Å². The van der Waals surface area contributed by atoms with Gasteiger partial charge in [0.15, 0.2) is 5.13 Å². The van der Waals surface area contributed by atoms with Crippen LogP contribution in [0.25, 0.3) is 10.2 Å². The molecule has 1 fully saturated rings. The molecule has 0 unspecified atom stereocenters. The van der Waals surface area contributed by atoms with Crippen LogP contribution in [0.15, 0.2) is 24.3 Å². The van der Waals surface area contributed by atoms with E-state index in [4.69, 9.17) is 0 Å². The third kappa shape index (κ3) is 2.53. The van der Waals surface area contributed by atoms with Gasteiger partial charge in [0.2, 0.25) is 10.0 Å². The van der Waals surface area contributed by atoms with Crippen LogP contribution >= 0.6 is 11.3 Å². The number of thiazole rings is 1. The summed E-state index contributed by atoms with van der Waals surface area (Å²) in [7, 11) is -3.06. The summed E-state index contributed by atoms with van der Waals surface area (Å²) in [6.07, 6.45) is 0. The summed E-state index contributed by atoms with van der Waals surface area (Å²) in [5, 5.41) is 0.986. The van der Waals surface area contributed by atoms with Crippen molar-refractivity contribution in [2.24, 2.45) is 0 Å². The van der Waals surface area contributed by atoms with Gasteiger partial charge in [-0.15, -0.1) is 0 Å². The van der Waals surface area contributed by atoms with E-state index in [2.05, 4.69) is 16.0 Å². The molecule has 0 aliphatic carbocycles. The van der Waals surface area contributed by atoms with Crippen LogP contribution in [0.1, 0.15) is 6.92 Å². The zero-order valence-electron chi connectivity index (χ0n) is 11.3. The first kappa shape index (κ1) is 13.8. The van der Waals surface area contributed by atoms with E-state index in [1.54, 1.807) is 22.6 Å². The average Bonchev–Trinajstić information content (AvgIpc) is 2.91. The van der Waals surface area contributed by atoms with Crippen molar-refractivity contribution in [1.82, 2.24) is 9.29 Å². The van der Waals surface area contributed by atoms with Crippen LogP contribution in [-0.4, -0.2) is 49.6 Å². The molecule has 1 aromatic carbocycles. The summed E-state index contributed by atoms with van der Waals surface area (Å²) in [5.74, 6) is 0.175. The summed E-state index contributed by atoms with van der Waals surface area (Å²) < 4.78 is 26.4. The Morgan fingerprint density at radius 3 is 2.55 bits per heavy atom. The van der Waals surface area contributed by atoms with Crippen molar-refractivity contribution in [2.75, 3.05) is 36.8 Å². The predicted octanol–water partition coefficient (Wildman–Crippen LogP) is 1.77. The number of piperazine rings is 1. The molecule has 5 nitrogen and oxygen atoms in total. The highest BCUT2D eigenvalue weighted by Crippen LogP contribution is 2.29. The number of rotatable bonds is 3. The van der Waals surface area contributed by atoms with Gasteiger partial charge >= 0.3 is 0 Å². The van der Waals surface area contributed by atoms with Gasteiger partial charge in [-0.1, -0.05) is 23.5 Å². The average molecular weight is 311 g/mol. The van der Waals surface area contributed by atoms with Gasteiger partial charge in [0.25, 0.3) is 0 Å². The summed E-state index contributed by atoms with van der Waals surface area (Å²) in [4.78, 5) is 6.79. The Kier molecular flexibility index (Phi) is 3.66. The van der Waals surface area contributed by atoms with Gasteiger partial charge in [-0.2, -0.15) is 4.31 Å². The number of fused-ring (bicyclic) bond motifs is 1. The van der Waals surface area contributed by atoms with Crippen molar-refractivity contribution in [1.29, 1.82) is 0 Å². The third-order valence-electron chi connectivity index (χ3n) is 3.55. The molecule has 108 valence electrons. The highest BCUT2D eigenvalue weighted by molar-refractivity contribution is 7.89. The second kappa shape index (κ2) is 5.31. The van der Waals surface area contributed by atoms with Crippen LogP contribution in [0.3, 0.4) is 0 Å². The molecule has 0 spiro atoms. The van der Waals surface area contributed by atoms with Gasteiger partial charge in [-0.05, 0) is 19.1 Å². The molecule has 3 rings (SSSR count). The minimum atomic E-state index is -3.06. The number of sulfonamides is 1. The molecule has 1 saturated heterocycles. The van der Waals surface area contributed by atoms with E-state index in [-0.39, 0.29) is 5.75 Å². The van der Waals surface area contributed by atoms with Crippen molar-refractivity contribution in [3.63, 3.8) is 0 Å². The molecule has 1 aromatic heterocycles. The molecule has 0 bridgehead atoms. The molecule has 2 heterocycles. The number of nitrogens with zero attached hydrogens (tertiary/aromatic N) is 3. The van der Waals surface area contributed by atoms with Gasteiger partial charge in [-0.3, -0.25) is 0 Å². The lowest BCUT2D eigenvalue weighted by Gasteiger charge is -2.33. The van der Waals surface area contributed by atoms with Gasteiger partial charge in [0.1, 0.15) is 0 Å². The SMILES string of the molecule is CCS(=O)(=O)N1CCN(c2nc3ccccc3s2)CC1. The van der Waals surface area contributed by atoms with Crippen LogP contribution in [0.4, 0.5) is 5.13 Å². The Morgan fingerprint density at radius 1 is 1.20 bits per heavy atom. The lowest BCUT2D eigenvalue weighted by molar-refractivity contribution is 0.385. The van der Waals surface area contributed by atoms with E-state index in [1.165, 1.54) is 4.70 Å². The summed E-state index contributed by atoms with van der Waals surface area (Å²) >= 11 is 1.67. The van der Waals surface area contributed by atoms with E-state index < -0.39 is 10.0 Å². The number of benzene rings is 1. The quantitative estimate of drug-likeness (QED) is 0.867. The largest absolute Gasteiger partial charge is 0.345 e. The molecule has 1 aliphatic heterocycles. The molecule has 2 aromatic rings. The zero-order chi connectivity index (χ0) is 14.2. The maximum Gasteiger partial charge on any atom is 0.213 e. The lowest BCUT2D eigenvalue weighted by Crippen LogP contribution is -2.49. The monoisotopic (exact) mass is 311 g/mol. The molecule has 20 heavy (non-hydrogen) atoms. The van der Waals surface area contributed by atoms with Crippen molar-refractivity contribution >= 4 is 36.7 Å². The van der Waals surface area contributed by atoms with Crippen LogP contribution in [0.2, 0.25) is 0 Å². The summed E-state index contributed by atoms with van der Waals surface area (Å²) in [5.41, 5.74) is 1.01. The lowest BCUT2D eigenvalue weighted by atomic mass is 10.3. The van der Waals surface area contributed by atoms with Crippen LogP contribution in [-0.2, 0) is 10.0 Å². The number of hydrogen-bond donors (Lipinski definition) is 0. The van der Waals surface area contributed by atoms with E-state index in [9.17, 15) is 8.42 Å². The van der Waals surface area contributed by atoms with Crippen molar-refractivity contribution in [2.45, 2.75) is 6.92 Å². The number of aromatic nitrogens is 1. The molecular formula is C13H17N3O2S2. The first-order valence-electron chi connectivity index (χ1n) is 6.68. The zero-order valence-corrected chi connectivity index (χ0v) is 13.0. The fourth-order valence-corrected chi connectivity index (χ4v) is 4.44. The Hall–Kier alpha value is -1.18. The molecule has 0 amide bonds. The summed E-state index contributed by atoms with van der Waals surface area (Å²) in [6.45, 7) is 4.20. The third-order valence-corrected chi connectivity index (χ3v) is 6.53. The van der Waals surface area contributed by atoms with E-state index in [0.717, 1.165) is 10.6 Å². The highest BCUT2D eigenvalue weighted by Gasteiger charge is 2.26. The predicted molar refractivity (Wildman–Crippen MR) is 82.9 cm³/mol. The van der Waals surface area contributed by atoms with Gasteiger partial charge in [0, 0.05) is 26.2 Å². The Bertz CT molecular complexity index is 670. The van der Waals surface area contributed by atoms with Crippen molar-refractivity contribution in [3.05, 3.63) is 24.3 Å². The second-order valence-electron chi connectivity index (χ2n) is 4.75. The molecular weight excluding hydrogens is 294 g/mol. The second-order valence-corrected chi connectivity index (χ2v) is 8.02.